The van der Waals surface area contributed by atoms with E-state index in [0.717, 1.165) is 5.56 Å². The maximum Gasteiger partial charge on any atom is 0.407 e. The summed E-state index contributed by atoms with van der Waals surface area (Å²) in [4.78, 5) is 28.4. The fourth-order valence-corrected chi connectivity index (χ4v) is 9.25. The molecule has 0 radical (unpaired) electrons. The van der Waals surface area contributed by atoms with Crippen LogP contribution in [0, 0.1) is 6.92 Å². The molecule has 3 aromatic rings. The number of aliphatic hydroxyl groups is 1. The summed E-state index contributed by atoms with van der Waals surface area (Å²) in [7, 11) is -7.41. The lowest BCUT2D eigenvalue weighted by Crippen LogP contribution is -2.47. The largest absolute Gasteiger partial charge is 0.491 e. The van der Waals surface area contributed by atoms with Crippen molar-refractivity contribution in [2.24, 2.45) is 0 Å². The fraction of sp³-hybridized carbons (Fsp3) is 0.484. The van der Waals surface area contributed by atoms with Crippen molar-refractivity contribution in [3.8, 4) is 5.75 Å². The van der Waals surface area contributed by atoms with Gasteiger partial charge in [0.25, 0.3) is 0 Å². The summed E-state index contributed by atoms with van der Waals surface area (Å²) in [6.07, 6.45) is 1.91. The van der Waals surface area contributed by atoms with Gasteiger partial charge in [0.15, 0.2) is 9.84 Å². The van der Waals surface area contributed by atoms with Gasteiger partial charge in [0.2, 0.25) is 15.5 Å². The molecule has 1 unspecified atom stereocenters. The number of rotatable bonds is 10. The van der Waals surface area contributed by atoms with Crippen molar-refractivity contribution in [2.75, 3.05) is 32.9 Å². The summed E-state index contributed by atoms with van der Waals surface area (Å²) in [5.41, 5.74) is 0.289. The molecule has 0 bridgehead atoms. The van der Waals surface area contributed by atoms with Gasteiger partial charge in [-0.15, -0.1) is 0 Å². The van der Waals surface area contributed by atoms with E-state index in [9.17, 15) is 31.5 Å². The van der Waals surface area contributed by atoms with Crippen LogP contribution in [0.1, 0.15) is 37.7 Å². The van der Waals surface area contributed by atoms with Crippen LogP contribution in [0.5, 0.6) is 5.75 Å². The standard InChI is InChI=1S/C31H37N3O10S2/c1-20-4-2-7-26-28(20)32-16-27(29(26)36)46(40,41)34-12-10-31(11-13-34)15-21(17-44-31)33-30(37)43-19-22(35)18-42-23-5-3-6-25(14-23)45(38,39)24-8-9-24/h2-7,14,16,21-22,24,35H,8-13,15,17-19H2,1H3,(H,32,36)(H,33,37)/t21-,22?/m1/s1. The molecule has 3 heterocycles. The number of nitrogens with zero attached hydrogens (tertiary/aromatic N) is 1. The summed E-state index contributed by atoms with van der Waals surface area (Å²) in [5, 5.41) is 13.0. The van der Waals surface area contributed by atoms with E-state index in [4.69, 9.17) is 14.2 Å². The van der Waals surface area contributed by atoms with E-state index >= 15 is 0 Å². The molecule has 3 N–H and O–H groups in total. The van der Waals surface area contributed by atoms with Crippen LogP contribution in [0.25, 0.3) is 10.9 Å². The van der Waals surface area contributed by atoms with E-state index in [1.54, 1.807) is 24.3 Å². The van der Waals surface area contributed by atoms with Crippen molar-refractivity contribution < 1.29 is 40.9 Å². The zero-order valence-corrected chi connectivity index (χ0v) is 26.9. The highest BCUT2D eigenvalue weighted by molar-refractivity contribution is 7.92. The molecule has 2 aliphatic heterocycles. The Morgan fingerprint density at radius 1 is 1.13 bits per heavy atom. The van der Waals surface area contributed by atoms with Gasteiger partial charge < -0.3 is 29.6 Å². The third kappa shape index (κ3) is 6.65. The van der Waals surface area contributed by atoms with Gasteiger partial charge in [-0.2, -0.15) is 4.31 Å². The summed E-state index contributed by atoms with van der Waals surface area (Å²) in [6.45, 7) is 1.83. The SMILES string of the molecule is Cc1cccc2c(=O)c(S(=O)(=O)N3CCC4(CC3)C[C@@H](NC(=O)OCC(O)COc3cccc(S(=O)(=O)C5CC5)c3)CO4)c[nH]c12. The van der Waals surface area contributed by atoms with Gasteiger partial charge in [-0.05, 0) is 68.9 Å². The number of aliphatic hydroxyl groups excluding tert-OH is 1. The molecule has 248 valence electrons. The lowest BCUT2D eigenvalue weighted by Gasteiger charge is -2.37. The maximum absolute atomic E-state index is 13.4. The molecule has 3 aliphatic rings. The predicted octanol–water partition coefficient (Wildman–Crippen LogP) is 2.25. The number of H-pyrrole nitrogens is 1. The molecule has 2 saturated heterocycles. The molecule has 1 amide bonds. The smallest absolute Gasteiger partial charge is 0.407 e. The number of carbonyl (C=O) groups is 1. The number of para-hydroxylation sites is 1. The number of sulfonamides is 1. The zero-order valence-electron chi connectivity index (χ0n) is 25.3. The van der Waals surface area contributed by atoms with Crippen LogP contribution in [0.15, 0.2) is 63.2 Å². The molecule has 6 rings (SSSR count). The van der Waals surface area contributed by atoms with Crippen LogP contribution >= 0.6 is 0 Å². The van der Waals surface area contributed by atoms with E-state index in [2.05, 4.69) is 10.3 Å². The number of amides is 1. The Labute approximate surface area is 266 Å². The number of aryl methyl sites for hydroxylation is 1. The van der Waals surface area contributed by atoms with Crippen molar-refractivity contribution in [2.45, 2.75) is 71.8 Å². The number of sulfone groups is 1. The predicted molar refractivity (Wildman–Crippen MR) is 167 cm³/mol. The van der Waals surface area contributed by atoms with Gasteiger partial charge in [0.05, 0.1) is 33.9 Å². The molecule has 13 nitrogen and oxygen atoms in total. The summed E-state index contributed by atoms with van der Waals surface area (Å²) < 4.78 is 69.8. The molecular formula is C31H37N3O10S2. The first-order valence-corrected chi connectivity index (χ1v) is 18.2. The summed E-state index contributed by atoms with van der Waals surface area (Å²) >= 11 is 0. The van der Waals surface area contributed by atoms with E-state index in [-0.39, 0.29) is 59.7 Å². The zero-order chi connectivity index (χ0) is 32.7. The number of pyridine rings is 1. The van der Waals surface area contributed by atoms with Crippen molar-refractivity contribution in [1.29, 1.82) is 0 Å². The first kappa shape index (κ1) is 32.4. The molecule has 46 heavy (non-hydrogen) atoms. The van der Waals surface area contributed by atoms with Gasteiger partial charge in [-0.1, -0.05) is 18.2 Å². The molecule has 1 spiro atoms. The number of alkyl carbamates (subject to hydrolysis) is 1. The highest BCUT2D eigenvalue weighted by Crippen LogP contribution is 2.37. The van der Waals surface area contributed by atoms with Crippen LogP contribution < -0.4 is 15.5 Å². The molecule has 1 aromatic heterocycles. The Hall–Kier alpha value is -3.50. The average Bonchev–Trinajstić information content (AvgIpc) is 3.83. The monoisotopic (exact) mass is 675 g/mol. The van der Waals surface area contributed by atoms with Crippen LogP contribution in [-0.2, 0) is 29.3 Å². The van der Waals surface area contributed by atoms with E-state index in [1.807, 2.05) is 13.0 Å². The number of hydrogen-bond donors (Lipinski definition) is 3. The fourth-order valence-electron chi connectivity index (χ4n) is 6.07. The maximum atomic E-state index is 13.4. The molecule has 2 aromatic carbocycles. The highest BCUT2D eigenvalue weighted by atomic mass is 32.2. The number of piperidine rings is 1. The van der Waals surface area contributed by atoms with Gasteiger partial charge in [0, 0.05) is 24.7 Å². The third-order valence-corrected chi connectivity index (χ3v) is 13.0. The number of aromatic nitrogens is 1. The quantitative estimate of drug-likeness (QED) is 0.288. The number of hydrogen-bond acceptors (Lipinski definition) is 10. The van der Waals surface area contributed by atoms with Crippen LogP contribution in [-0.4, -0.2) is 93.2 Å². The second-order valence-corrected chi connectivity index (χ2v) is 16.3. The minimum absolute atomic E-state index is 0.159. The molecule has 15 heteroatoms. The third-order valence-electron chi connectivity index (χ3n) is 8.82. The average molecular weight is 676 g/mol. The van der Waals surface area contributed by atoms with Crippen molar-refractivity contribution in [1.82, 2.24) is 14.6 Å². The first-order valence-electron chi connectivity index (χ1n) is 15.2. The summed E-state index contributed by atoms with van der Waals surface area (Å²) in [5.74, 6) is 0.289. The minimum Gasteiger partial charge on any atom is -0.491 e. The van der Waals surface area contributed by atoms with E-state index in [0.29, 0.717) is 43.0 Å². The van der Waals surface area contributed by atoms with Crippen molar-refractivity contribution in [3.63, 3.8) is 0 Å². The second-order valence-electron chi connectivity index (χ2n) is 12.2. The molecule has 1 aliphatic carbocycles. The Bertz CT molecular complexity index is 1900. The topological polar surface area (TPSA) is 181 Å². The van der Waals surface area contributed by atoms with Gasteiger partial charge in [-0.3, -0.25) is 4.79 Å². The second kappa shape index (κ2) is 12.6. The number of carbonyl (C=O) groups excluding carboxylic acids is 1. The van der Waals surface area contributed by atoms with E-state index in [1.165, 1.54) is 22.6 Å². The first-order chi connectivity index (χ1) is 21.9. The summed E-state index contributed by atoms with van der Waals surface area (Å²) in [6, 6.07) is 10.9. The van der Waals surface area contributed by atoms with Crippen molar-refractivity contribution >= 4 is 36.9 Å². The molecule has 2 atom stereocenters. The van der Waals surface area contributed by atoms with Crippen molar-refractivity contribution in [3.05, 3.63) is 64.4 Å². The van der Waals surface area contributed by atoms with Crippen LogP contribution in [0.3, 0.4) is 0 Å². The Morgan fingerprint density at radius 3 is 2.61 bits per heavy atom. The molecular weight excluding hydrogens is 638 g/mol. The van der Waals surface area contributed by atoms with Gasteiger partial charge in [-0.25, -0.2) is 21.6 Å². The molecule has 3 fully saturated rings. The number of ether oxygens (including phenoxy) is 3. The van der Waals surface area contributed by atoms with Gasteiger partial charge in [0.1, 0.15) is 30.0 Å². The Morgan fingerprint density at radius 2 is 1.87 bits per heavy atom. The number of aromatic amines is 1. The molecule has 1 saturated carbocycles. The Kier molecular flexibility index (Phi) is 8.89. The van der Waals surface area contributed by atoms with Crippen LogP contribution in [0.4, 0.5) is 4.79 Å². The minimum atomic E-state index is -4.04. The van der Waals surface area contributed by atoms with E-state index < -0.39 is 43.1 Å². The highest BCUT2D eigenvalue weighted by Gasteiger charge is 2.45. The number of benzene rings is 2. The van der Waals surface area contributed by atoms with Gasteiger partial charge >= 0.3 is 6.09 Å². The number of fused-ring (bicyclic) bond motifs is 1. The Balaban J connectivity index is 0.957. The van der Waals surface area contributed by atoms with Crippen LogP contribution in [0.2, 0.25) is 0 Å². The normalized spacial score (nSPS) is 20.9. The lowest BCUT2D eigenvalue weighted by atomic mass is 9.88. The lowest BCUT2D eigenvalue weighted by molar-refractivity contribution is -0.0312. The number of nitrogens with one attached hydrogen (secondary N) is 2.